The van der Waals surface area contributed by atoms with Crippen molar-refractivity contribution >= 4 is 12.2 Å². The molecule has 1 aromatic heterocycles. The molecule has 0 aliphatic carbocycles. The molecule has 1 aromatic rings. The monoisotopic (exact) mass is 164 g/mol. The van der Waals surface area contributed by atoms with Gasteiger partial charge in [0.15, 0.2) is 0 Å². The smallest absolute Gasteiger partial charge is 0.0955 e. The molecule has 1 rings (SSSR count). The highest BCUT2D eigenvalue weighted by atomic mass is 15.0. The first-order valence-electron chi connectivity index (χ1n) is 4.47. The molecule has 0 saturated heterocycles. The number of hydrogen-bond acceptors (Lipinski definition) is 1. The zero-order valence-corrected chi connectivity index (χ0v) is 8.04. The van der Waals surface area contributed by atoms with Crippen LogP contribution in [0.15, 0.2) is 6.33 Å². The van der Waals surface area contributed by atoms with Crippen molar-refractivity contribution in [2.45, 2.75) is 26.7 Å². The number of hydrogen-bond donors (Lipinski definition) is 0. The third kappa shape index (κ3) is 1.76. The van der Waals surface area contributed by atoms with Crippen LogP contribution in [0.5, 0.6) is 0 Å². The van der Waals surface area contributed by atoms with Gasteiger partial charge in [0.2, 0.25) is 0 Å². The van der Waals surface area contributed by atoms with E-state index in [0.29, 0.717) is 0 Å². The molecule has 0 aromatic carbocycles. The Balaban J connectivity index is 3.32. The molecule has 0 N–H and O–H groups in total. The van der Waals surface area contributed by atoms with Gasteiger partial charge < -0.3 is 4.57 Å². The Bertz CT molecular complexity index is 346. The minimum Gasteiger partial charge on any atom is -0.334 e. The summed E-state index contributed by atoms with van der Waals surface area (Å²) in [7, 11) is 2.03. The molecule has 2 nitrogen and oxygen atoms in total. The number of rotatable bonds is 2. The summed E-state index contributed by atoms with van der Waals surface area (Å²) in [6, 6.07) is 0. The summed E-state index contributed by atoms with van der Waals surface area (Å²) in [5.41, 5.74) is 0. The average molecular weight is 164 g/mol. The van der Waals surface area contributed by atoms with Gasteiger partial charge in [-0.25, -0.2) is 4.98 Å². The molecule has 0 unspecified atom stereocenters. The summed E-state index contributed by atoms with van der Waals surface area (Å²) in [6.45, 7) is 4.27. The first-order chi connectivity index (χ1) is 5.79. The molecule has 0 aliphatic rings. The van der Waals surface area contributed by atoms with Crippen molar-refractivity contribution in [1.29, 1.82) is 0 Å². The van der Waals surface area contributed by atoms with E-state index in [4.69, 9.17) is 0 Å². The van der Waals surface area contributed by atoms with E-state index in [1.54, 1.807) is 0 Å². The predicted octanol–water partition coefficient (Wildman–Crippen LogP) is 0.801. The number of imidazole rings is 1. The van der Waals surface area contributed by atoms with E-state index in [9.17, 15) is 0 Å². The van der Waals surface area contributed by atoms with Crippen LogP contribution < -0.4 is 10.7 Å². The third-order valence-electron chi connectivity index (χ3n) is 1.81. The van der Waals surface area contributed by atoms with E-state index in [-0.39, 0.29) is 0 Å². The molecule has 0 spiro atoms. The minimum absolute atomic E-state index is 1.04. The van der Waals surface area contributed by atoms with Gasteiger partial charge in [-0.2, -0.15) is 0 Å². The summed E-state index contributed by atoms with van der Waals surface area (Å²) < 4.78 is 2.06. The predicted molar refractivity (Wildman–Crippen MR) is 52.0 cm³/mol. The van der Waals surface area contributed by atoms with Crippen LogP contribution in [0.4, 0.5) is 0 Å². The molecule has 0 atom stereocenters. The normalized spacial score (nSPS) is 14.2. The lowest BCUT2D eigenvalue weighted by Crippen LogP contribution is -2.28. The summed E-state index contributed by atoms with van der Waals surface area (Å²) in [5.74, 6) is 0. The maximum Gasteiger partial charge on any atom is 0.0955 e. The summed E-state index contributed by atoms with van der Waals surface area (Å²) in [4.78, 5) is 4.30. The third-order valence-corrected chi connectivity index (χ3v) is 1.81. The zero-order chi connectivity index (χ0) is 8.97. The van der Waals surface area contributed by atoms with E-state index < -0.39 is 0 Å². The Morgan fingerprint density at radius 1 is 1.33 bits per heavy atom. The van der Waals surface area contributed by atoms with Crippen molar-refractivity contribution in [3.63, 3.8) is 0 Å². The van der Waals surface area contributed by atoms with Crippen molar-refractivity contribution in [2.75, 3.05) is 0 Å². The maximum absolute atomic E-state index is 4.30. The SMILES string of the molecule is CC/C=c1/ncn(C)/c1=C/CC. The number of aromatic nitrogens is 2. The van der Waals surface area contributed by atoms with Crippen LogP contribution in [0.1, 0.15) is 26.7 Å². The molecule has 1 heterocycles. The highest BCUT2D eigenvalue weighted by molar-refractivity contribution is 5.24. The van der Waals surface area contributed by atoms with Gasteiger partial charge in [0, 0.05) is 7.05 Å². The standard InChI is InChI=1S/C10H16N2/c1-4-6-9-10(7-5-2)12(3)8-11-9/h6-8H,4-5H2,1-3H3/b9-6+,10-7+. The minimum atomic E-state index is 1.04. The second-order valence-electron chi connectivity index (χ2n) is 2.85. The highest BCUT2D eigenvalue weighted by Gasteiger charge is 1.89. The van der Waals surface area contributed by atoms with Crippen molar-refractivity contribution in [3.8, 4) is 0 Å². The lowest BCUT2D eigenvalue weighted by molar-refractivity contribution is 0.877. The molecule has 0 bridgehead atoms. The van der Waals surface area contributed by atoms with Crippen molar-refractivity contribution in [1.82, 2.24) is 9.55 Å². The van der Waals surface area contributed by atoms with Gasteiger partial charge in [-0.05, 0) is 12.8 Å². The second kappa shape index (κ2) is 4.10. The Labute approximate surface area is 73.2 Å². The maximum atomic E-state index is 4.30. The van der Waals surface area contributed by atoms with Gasteiger partial charge in [0.1, 0.15) is 0 Å². The van der Waals surface area contributed by atoms with Gasteiger partial charge in [-0.3, -0.25) is 0 Å². The van der Waals surface area contributed by atoms with Gasteiger partial charge >= 0.3 is 0 Å². The molecule has 0 aliphatic heterocycles. The van der Waals surface area contributed by atoms with Gasteiger partial charge in [-0.15, -0.1) is 0 Å². The molecule has 0 saturated carbocycles. The van der Waals surface area contributed by atoms with E-state index in [0.717, 1.165) is 18.2 Å². The lowest BCUT2D eigenvalue weighted by Gasteiger charge is -1.87. The van der Waals surface area contributed by atoms with Crippen LogP contribution in [0.3, 0.4) is 0 Å². The fourth-order valence-electron chi connectivity index (χ4n) is 1.25. The second-order valence-corrected chi connectivity index (χ2v) is 2.85. The van der Waals surface area contributed by atoms with Crippen molar-refractivity contribution < 1.29 is 0 Å². The molecule has 66 valence electrons. The molecular weight excluding hydrogens is 148 g/mol. The Kier molecular flexibility index (Phi) is 3.09. The first-order valence-corrected chi connectivity index (χ1v) is 4.47. The van der Waals surface area contributed by atoms with E-state index in [2.05, 4.69) is 35.6 Å². The lowest BCUT2D eigenvalue weighted by atomic mass is 10.3. The van der Waals surface area contributed by atoms with E-state index in [1.165, 1.54) is 5.35 Å². The molecule has 0 radical (unpaired) electrons. The van der Waals surface area contributed by atoms with Crippen LogP contribution in [0, 0.1) is 0 Å². The van der Waals surface area contributed by atoms with Gasteiger partial charge in [-0.1, -0.05) is 26.0 Å². The summed E-state index contributed by atoms with van der Waals surface area (Å²) in [6.07, 6.45) is 8.32. The quantitative estimate of drug-likeness (QED) is 0.632. The summed E-state index contributed by atoms with van der Waals surface area (Å²) >= 11 is 0. The van der Waals surface area contributed by atoms with Crippen LogP contribution >= 0.6 is 0 Å². The van der Waals surface area contributed by atoms with Crippen LogP contribution in [-0.4, -0.2) is 9.55 Å². The molecule has 2 heteroatoms. The first kappa shape index (κ1) is 9.04. The fourth-order valence-corrected chi connectivity index (χ4v) is 1.25. The Morgan fingerprint density at radius 2 is 2.00 bits per heavy atom. The van der Waals surface area contributed by atoms with Gasteiger partial charge in [0.25, 0.3) is 0 Å². The zero-order valence-electron chi connectivity index (χ0n) is 8.04. The Hall–Kier alpha value is -1.05. The molecule has 0 amide bonds. The fraction of sp³-hybridized carbons (Fsp3) is 0.500. The van der Waals surface area contributed by atoms with E-state index >= 15 is 0 Å². The van der Waals surface area contributed by atoms with Crippen molar-refractivity contribution in [2.24, 2.45) is 7.05 Å². The van der Waals surface area contributed by atoms with Crippen molar-refractivity contribution in [3.05, 3.63) is 17.0 Å². The van der Waals surface area contributed by atoms with Crippen LogP contribution in [0.25, 0.3) is 12.2 Å². The van der Waals surface area contributed by atoms with Gasteiger partial charge in [0.05, 0.1) is 17.0 Å². The molecular formula is C10H16N2. The number of aryl methyl sites for hydroxylation is 1. The Morgan fingerprint density at radius 3 is 2.58 bits per heavy atom. The molecule has 12 heavy (non-hydrogen) atoms. The highest BCUT2D eigenvalue weighted by Crippen LogP contribution is 1.76. The largest absolute Gasteiger partial charge is 0.334 e. The van der Waals surface area contributed by atoms with Crippen LogP contribution in [0.2, 0.25) is 0 Å². The number of nitrogens with zero attached hydrogens (tertiary/aromatic N) is 2. The summed E-state index contributed by atoms with van der Waals surface area (Å²) in [5, 5.41) is 2.35. The molecule has 0 fully saturated rings. The topological polar surface area (TPSA) is 17.8 Å². The van der Waals surface area contributed by atoms with E-state index in [1.807, 2.05) is 13.4 Å². The van der Waals surface area contributed by atoms with Crippen LogP contribution in [-0.2, 0) is 7.05 Å². The average Bonchev–Trinajstić information content (AvgIpc) is 2.37.